The number of aromatic nitrogens is 1. The molecule has 0 atom stereocenters. The van der Waals surface area contributed by atoms with Crippen molar-refractivity contribution in [2.24, 2.45) is 0 Å². The van der Waals surface area contributed by atoms with E-state index in [0.29, 0.717) is 16.6 Å². The molecule has 2 rings (SSSR count). The number of nitrogens with zero attached hydrogens (tertiary/aromatic N) is 1. The molecule has 106 valence electrons. The van der Waals surface area contributed by atoms with E-state index in [1.807, 2.05) is 12.1 Å². The van der Waals surface area contributed by atoms with Crippen molar-refractivity contribution >= 4 is 22.4 Å². The molecule has 0 saturated heterocycles. The van der Waals surface area contributed by atoms with Crippen molar-refractivity contribution in [3.8, 4) is 0 Å². The molecular weight excluding hydrogens is 270 g/mol. The molecule has 2 aromatic rings. The molecule has 0 aliphatic rings. The Bertz CT molecular complexity index is 596. The molecule has 5 heteroatoms. The number of nitrogens with one attached hydrogen (secondary N) is 1. The van der Waals surface area contributed by atoms with Crippen LogP contribution in [0.25, 0.3) is 0 Å². The molecule has 0 aliphatic carbocycles. The van der Waals surface area contributed by atoms with Crippen LogP contribution in [-0.2, 0) is 12.0 Å². The molecule has 0 saturated carbocycles. The van der Waals surface area contributed by atoms with Crippen molar-refractivity contribution < 1.29 is 4.79 Å². The lowest BCUT2D eigenvalue weighted by atomic mass is 9.87. The molecule has 0 aliphatic heterocycles. The third-order valence-corrected chi connectivity index (χ3v) is 3.85. The van der Waals surface area contributed by atoms with Gasteiger partial charge in [-0.3, -0.25) is 4.79 Å². The zero-order chi connectivity index (χ0) is 14.8. The number of nitrogens with two attached hydrogens (primary N) is 1. The molecule has 0 spiro atoms. The van der Waals surface area contributed by atoms with Gasteiger partial charge < -0.3 is 11.1 Å². The van der Waals surface area contributed by atoms with Gasteiger partial charge in [0.25, 0.3) is 5.91 Å². The Labute approximate surface area is 123 Å². The maximum Gasteiger partial charge on any atom is 0.263 e. The van der Waals surface area contributed by atoms with Gasteiger partial charge in [0, 0.05) is 6.54 Å². The first-order valence-electron chi connectivity index (χ1n) is 6.45. The van der Waals surface area contributed by atoms with Gasteiger partial charge in [-0.25, -0.2) is 4.98 Å². The maximum atomic E-state index is 11.9. The molecule has 1 heterocycles. The van der Waals surface area contributed by atoms with E-state index < -0.39 is 0 Å². The predicted molar refractivity (Wildman–Crippen MR) is 82.8 cm³/mol. The van der Waals surface area contributed by atoms with Gasteiger partial charge in [0.2, 0.25) is 0 Å². The van der Waals surface area contributed by atoms with Crippen molar-refractivity contribution in [2.75, 3.05) is 5.73 Å². The van der Waals surface area contributed by atoms with Gasteiger partial charge in [-0.05, 0) is 16.5 Å². The molecule has 0 bridgehead atoms. The van der Waals surface area contributed by atoms with Crippen LogP contribution >= 0.6 is 11.3 Å². The highest BCUT2D eigenvalue weighted by molar-refractivity contribution is 7.17. The van der Waals surface area contributed by atoms with Gasteiger partial charge in [-0.1, -0.05) is 56.4 Å². The standard InChI is InChI=1S/C15H19N3OS/c1-15(2,3)11-6-4-10(5-7-11)8-17-13(19)12-9-18-14(16)20-12/h4-7,9H,8H2,1-3H3,(H2,16,18)(H,17,19). The molecule has 20 heavy (non-hydrogen) atoms. The normalized spacial score (nSPS) is 11.3. The smallest absolute Gasteiger partial charge is 0.263 e. The summed E-state index contributed by atoms with van der Waals surface area (Å²) in [6.07, 6.45) is 1.50. The minimum Gasteiger partial charge on any atom is -0.375 e. The average molecular weight is 289 g/mol. The Kier molecular flexibility index (Phi) is 4.09. The predicted octanol–water partition coefficient (Wildman–Crippen LogP) is 2.95. The lowest BCUT2D eigenvalue weighted by molar-refractivity contribution is 0.0954. The summed E-state index contributed by atoms with van der Waals surface area (Å²) >= 11 is 1.19. The van der Waals surface area contributed by atoms with Gasteiger partial charge in [0.1, 0.15) is 4.88 Å². The molecule has 1 aromatic carbocycles. The van der Waals surface area contributed by atoms with Gasteiger partial charge in [0.15, 0.2) is 5.13 Å². The third kappa shape index (κ3) is 3.57. The largest absolute Gasteiger partial charge is 0.375 e. The van der Waals surface area contributed by atoms with Crippen molar-refractivity contribution in [3.63, 3.8) is 0 Å². The minimum absolute atomic E-state index is 0.140. The van der Waals surface area contributed by atoms with Crippen LogP contribution in [-0.4, -0.2) is 10.9 Å². The number of benzene rings is 1. The first-order chi connectivity index (χ1) is 9.36. The van der Waals surface area contributed by atoms with E-state index in [1.165, 1.54) is 23.1 Å². The summed E-state index contributed by atoms with van der Waals surface area (Å²) in [4.78, 5) is 16.3. The number of thiazole rings is 1. The molecule has 0 fully saturated rings. The van der Waals surface area contributed by atoms with Crippen LogP contribution in [0.2, 0.25) is 0 Å². The molecule has 0 unspecified atom stereocenters. The topological polar surface area (TPSA) is 68.0 Å². The number of rotatable bonds is 3. The lowest BCUT2D eigenvalue weighted by Gasteiger charge is -2.19. The summed E-state index contributed by atoms with van der Waals surface area (Å²) in [6, 6.07) is 8.29. The molecule has 1 amide bonds. The van der Waals surface area contributed by atoms with Gasteiger partial charge in [-0.15, -0.1) is 0 Å². The fourth-order valence-corrected chi connectivity index (χ4v) is 2.39. The molecule has 1 aromatic heterocycles. The van der Waals surface area contributed by atoms with Gasteiger partial charge in [0.05, 0.1) is 6.20 Å². The van der Waals surface area contributed by atoms with Crippen LogP contribution in [0.1, 0.15) is 41.6 Å². The van der Waals surface area contributed by atoms with Crippen LogP contribution in [0.5, 0.6) is 0 Å². The highest BCUT2D eigenvalue weighted by Gasteiger charge is 2.13. The fourth-order valence-electron chi connectivity index (χ4n) is 1.78. The molecular formula is C15H19N3OS. The Morgan fingerprint density at radius 1 is 1.30 bits per heavy atom. The molecule has 3 N–H and O–H groups in total. The number of hydrogen-bond donors (Lipinski definition) is 2. The van der Waals surface area contributed by atoms with E-state index in [2.05, 4.69) is 43.2 Å². The second-order valence-electron chi connectivity index (χ2n) is 5.69. The number of hydrogen-bond acceptors (Lipinski definition) is 4. The third-order valence-electron chi connectivity index (χ3n) is 3.02. The summed E-state index contributed by atoms with van der Waals surface area (Å²) in [5, 5.41) is 3.27. The summed E-state index contributed by atoms with van der Waals surface area (Å²) in [5.41, 5.74) is 8.00. The van der Waals surface area contributed by atoms with Crippen molar-refractivity contribution in [2.45, 2.75) is 32.7 Å². The van der Waals surface area contributed by atoms with E-state index in [1.54, 1.807) is 0 Å². The SMILES string of the molecule is CC(C)(C)c1ccc(CNC(=O)c2cnc(N)s2)cc1. The molecule has 4 nitrogen and oxygen atoms in total. The van der Waals surface area contributed by atoms with E-state index in [-0.39, 0.29) is 11.3 Å². The van der Waals surface area contributed by atoms with Crippen molar-refractivity contribution in [3.05, 3.63) is 46.5 Å². The van der Waals surface area contributed by atoms with Crippen LogP contribution in [0.3, 0.4) is 0 Å². The Morgan fingerprint density at radius 2 is 1.95 bits per heavy atom. The number of nitrogen functional groups attached to an aromatic ring is 1. The molecule has 0 radical (unpaired) electrons. The Hall–Kier alpha value is -1.88. The maximum absolute atomic E-state index is 11.9. The zero-order valence-electron chi connectivity index (χ0n) is 11.9. The number of carbonyl (C=O) groups excluding carboxylic acids is 1. The van der Waals surface area contributed by atoms with Crippen LogP contribution < -0.4 is 11.1 Å². The van der Waals surface area contributed by atoms with Crippen molar-refractivity contribution in [1.29, 1.82) is 0 Å². The van der Waals surface area contributed by atoms with Crippen LogP contribution in [0.15, 0.2) is 30.5 Å². The second kappa shape index (κ2) is 5.63. The summed E-state index contributed by atoms with van der Waals surface area (Å²) < 4.78 is 0. The van der Waals surface area contributed by atoms with E-state index in [9.17, 15) is 4.79 Å². The summed E-state index contributed by atoms with van der Waals surface area (Å²) in [6.45, 7) is 7.04. The van der Waals surface area contributed by atoms with E-state index >= 15 is 0 Å². The summed E-state index contributed by atoms with van der Waals surface area (Å²) in [5.74, 6) is -0.140. The fraction of sp³-hybridized carbons (Fsp3) is 0.333. The van der Waals surface area contributed by atoms with Crippen molar-refractivity contribution in [1.82, 2.24) is 10.3 Å². The van der Waals surface area contributed by atoms with Gasteiger partial charge in [-0.2, -0.15) is 0 Å². The lowest BCUT2D eigenvalue weighted by Crippen LogP contribution is -2.22. The summed E-state index contributed by atoms with van der Waals surface area (Å²) in [7, 11) is 0. The monoisotopic (exact) mass is 289 g/mol. The Morgan fingerprint density at radius 3 is 2.45 bits per heavy atom. The van der Waals surface area contributed by atoms with Crippen LogP contribution in [0.4, 0.5) is 5.13 Å². The highest BCUT2D eigenvalue weighted by atomic mass is 32.1. The van der Waals surface area contributed by atoms with E-state index in [0.717, 1.165) is 5.56 Å². The second-order valence-corrected chi connectivity index (χ2v) is 6.75. The quantitative estimate of drug-likeness (QED) is 0.912. The Balaban J connectivity index is 1.96. The zero-order valence-corrected chi connectivity index (χ0v) is 12.8. The van der Waals surface area contributed by atoms with Gasteiger partial charge >= 0.3 is 0 Å². The van der Waals surface area contributed by atoms with E-state index in [4.69, 9.17) is 5.73 Å². The number of anilines is 1. The first-order valence-corrected chi connectivity index (χ1v) is 7.27. The number of carbonyl (C=O) groups is 1. The number of amides is 1. The average Bonchev–Trinajstić information content (AvgIpc) is 2.82. The first kappa shape index (κ1) is 14.5. The minimum atomic E-state index is -0.140. The highest BCUT2D eigenvalue weighted by Crippen LogP contribution is 2.22. The van der Waals surface area contributed by atoms with Crippen LogP contribution in [0, 0.1) is 0 Å².